The molecule has 0 radical (unpaired) electrons. The molecule has 0 saturated heterocycles. The maximum atomic E-state index is 13.4. The topological polar surface area (TPSA) is 93.7 Å². The molecule has 0 aliphatic heterocycles. The second kappa shape index (κ2) is 11.7. The number of nitrogens with one attached hydrogen (secondary N) is 2. The zero-order valence-corrected chi connectivity index (χ0v) is 21.1. The number of carbonyl (C=O) groups excluding carboxylic acids is 3. The van der Waals surface area contributed by atoms with Gasteiger partial charge in [0.25, 0.3) is 0 Å². The van der Waals surface area contributed by atoms with Gasteiger partial charge in [-0.2, -0.15) is 0 Å². The van der Waals surface area contributed by atoms with Crippen LogP contribution in [0.5, 0.6) is 0 Å². The minimum Gasteiger partial charge on any atom is -0.467 e. The van der Waals surface area contributed by atoms with E-state index in [1.165, 1.54) is 7.11 Å². The van der Waals surface area contributed by atoms with Gasteiger partial charge < -0.3 is 20.1 Å². The smallest absolute Gasteiger partial charge is 0.407 e. The fraction of sp³-hybridized carbons (Fsp3) is 0.300. The molecule has 1 aliphatic carbocycles. The van der Waals surface area contributed by atoms with Crippen LogP contribution in [0.2, 0.25) is 0 Å². The average molecular weight is 501 g/mol. The van der Waals surface area contributed by atoms with Crippen molar-refractivity contribution >= 4 is 18.0 Å². The van der Waals surface area contributed by atoms with Crippen molar-refractivity contribution in [1.29, 1.82) is 0 Å². The van der Waals surface area contributed by atoms with Gasteiger partial charge in [0.1, 0.15) is 12.6 Å². The van der Waals surface area contributed by atoms with E-state index < -0.39 is 29.6 Å². The number of hydrogen-bond acceptors (Lipinski definition) is 5. The summed E-state index contributed by atoms with van der Waals surface area (Å²) in [5.74, 6) is -0.918. The van der Waals surface area contributed by atoms with Gasteiger partial charge in [-0.25, -0.2) is 9.59 Å². The first-order valence-corrected chi connectivity index (χ1v) is 12.4. The number of benzene rings is 3. The molecule has 0 spiro atoms. The predicted octanol–water partition coefficient (Wildman–Crippen LogP) is 4.58. The molecule has 37 heavy (non-hydrogen) atoms. The minimum atomic E-state index is -0.808. The molecular formula is C30H32N2O5. The van der Waals surface area contributed by atoms with Crippen molar-refractivity contribution in [2.75, 3.05) is 7.11 Å². The van der Waals surface area contributed by atoms with Crippen molar-refractivity contribution in [2.24, 2.45) is 11.3 Å². The third-order valence-electron chi connectivity index (χ3n) is 6.94. The Morgan fingerprint density at radius 1 is 0.865 bits per heavy atom. The van der Waals surface area contributed by atoms with E-state index in [-0.39, 0.29) is 18.4 Å². The van der Waals surface area contributed by atoms with E-state index in [4.69, 9.17) is 9.47 Å². The van der Waals surface area contributed by atoms with Gasteiger partial charge in [-0.15, -0.1) is 0 Å². The van der Waals surface area contributed by atoms with Crippen LogP contribution in [-0.2, 0) is 32.1 Å². The molecule has 0 bridgehead atoms. The molecule has 2 amide bonds. The number of carbonyl (C=O) groups is 3. The number of ether oxygens (including phenoxy) is 2. The van der Waals surface area contributed by atoms with Crippen LogP contribution in [0, 0.1) is 11.3 Å². The van der Waals surface area contributed by atoms with E-state index >= 15 is 0 Å². The lowest BCUT2D eigenvalue weighted by molar-refractivity contribution is -0.145. The Morgan fingerprint density at radius 3 is 2.03 bits per heavy atom. The van der Waals surface area contributed by atoms with E-state index in [0.29, 0.717) is 12.8 Å². The largest absolute Gasteiger partial charge is 0.467 e. The first-order chi connectivity index (χ1) is 17.9. The Morgan fingerprint density at radius 2 is 1.43 bits per heavy atom. The van der Waals surface area contributed by atoms with Gasteiger partial charge in [0.2, 0.25) is 5.91 Å². The van der Waals surface area contributed by atoms with Crippen molar-refractivity contribution in [3.63, 3.8) is 0 Å². The third-order valence-corrected chi connectivity index (χ3v) is 6.94. The van der Waals surface area contributed by atoms with Crippen molar-refractivity contribution < 1.29 is 23.9 Å². The predicted molar refractivity (Wildman–Crippen MR) is 139 cm³/mol. The van der Waals surface area contributed by atoms with Crippen LogP contribution in [0.4, 0.5) is 4.79 Å². The summed E-state index contributed by atoms with van der Waals surface area (Å²) < 4.78 is 10.4. The molecule has 3 aromatic rings. The van der Waals surface area contributed by atoms with Crippen LogP contribution in [-0.4, -0.2) is 31.1 Å². The molecule has 3 aromatic carbocycles. The van der Waals surface area contributed by atoms with Crippen molar-refractivity contribution in [3.8, 4) is 0 Å². The van der Waals surface area contributed by atoms with E-state index in [0.717, 1.165) is 16.7 Å². The standard InChI is InChI=1S/C30H32N2O5/c1-30(28(34)31-25(27(33)36-2)18-21-12-6-3-7-13-21)19-24(30)26(23-16-10-5-11-17-23)32-29(35)37-20-22-14-8-4-9-15-22/h3-17,24-26H,18-20H2,1-2H3,(H,31,34)(H,32,35)/t24-,25-,26-,30-/m0/s1. The molecule has 4 rings (SSSR count). The first kappa shape index (κ1) is 25.9. The van der Waals surface area contributed by atoms with Crippen LogP contribution in [0.25, 0.3) is 0 Å². The summed E-state index contributed by atoms with van der Waals surface area (Å²) in [7, 11) is 1.31. The van der Waals surface area contributed by atoms with Crippen LogP contribution < -0.4 is 10.6 Å². The minimum absolute atomic E-state index is 0.150. The quantitative estimate of drug-likeness (QED) is 0.398. The Bertz CT molecular complexity index is 1200. The Hall–Kier alpha value is -4.13. The van der Waals surface area contributed by atoms with Crippen molar-refractivity contribution in [2.45, 2.75) is 38.5 Å². The Balaban J connectivity index is 1.45. The maximum absolute atomic E-state index is 13.4. The molecule has 0 unspecified atom stereocenters. The van der Waals surface area contributed by atoms with Crippen LogP contribution in [0.1, 0.15) is 36.1 Å². The zero-order valence-electron chi connectivity index (χ0n) is 21.1. The lowest BCUT2D eigenvalue weighted by Crippen LogP contribution is -2.46. The number of methoxy groups -OCH3 is 1. The highest BCUT2D eigenvalue weighted by atomic mass is 16.5. The highest BCUT2D eigenvalue weighted by Crippen LogP contribution is 2.58. The molecular weight excluding hydrogens is 468 g/mol. The third kappa shape index (κ3) is 6.55. The lowest BCUT2D eigenvalue weighted by Gasteiger charge is -2.23. The molecule has 192 valence electrons. The van der Waals surface area contributed by atoms with E-state index in [1.807, 2.05) is 97.9 Å². The van der Waals surface area contributed by atoms with E-state index in [2.05, 4.69) is 10.6 Å². The number of rotatable bonds is 10. The van der Waals surface area contributed by atoms with Crippen molar-refractivity contribution in [3.05, 3.63) is 108 Å². The molecule has 0 heterocycles. The maximum Gasteiger partial charge on any atom is 0.407 e. The van der Waals surface area contributed by atoms with Gasteiger partial charge >= 0.3 is 12.1 Å². The zero-order chi connectivity index (χ0) is 26.3. The molecule has 1 fully saturated rings. The Kier molecular flexibility index (Phi) is 8.23. The summed E-state index contributed by atoms with van der Waals surface area (Å²) in [6.07, 6.45) is 0.326. The van der Waals surface area contributed by atoms with Gasteiger partial charge in [0, 0.05) is 6.42 Å². The molecule has 4 atom stereocenters. The fourth-order valence-electron chi connectivity index (χ4n) is 4.62. The van der Waals surface area contributed by atoms with Gasteiger partial charge in [-0.05, 0) is 29.0 Å². The summed E-state index contributed by atoms with van der Waals surface area (Å²) >= 11 is 0. The van der Waals surface area contributed by atoms with Gasteiger partial charge in [-0.3, -0.25) is 4.79 Å². The van der Waals surface area contributed by atoms with Crippen LogP contribution in [0.3, 0.4) is 0 Å². The molecule has 0 aromatic heterocycles. The molecule has 2 N–H and O–H groups in total. The van der Waals surface area contributed by atoms with Crippen molar-refractivity contribution in [1.82, 2.24) is 10.6 Å². The number of esters is 1. The van der Waals surface area contributed by atoms with E-state index in [1.54, 1.807) is 0 Å². The highest BCUT2D eigenvalue weighted by Gasteiger charge is 2.60. The summed E-state index contributed by atoms with van der Waals surface area (Å²) in [6.45, 7) is 2.01. The van der Waals surface area contributed by atoms with E-state index in [9.17, 15) is 14.4 Å². The first-order valence-electron chi connectivity index (χ1n) is 12.4. The molecule has 1 saturated carbocycles. The summed E-state index contributed by atoms with van der Waals surface area (Å²) in [5, 5.41) is 5.87. The number of amides is 2. The van der Waals surface area contributed by atoms with Gasteiger partial charge in [-0.1, -0.05) is 97.9 Å². The van der Waals surface area contributed by atoms with Gasteiger partial charge in [0.15, 0.2) is 0 Å². The highest BCUT2D eigenvalue weighted by molar-refractivity contribution is 5.90. The second-order valence-corrected chi connectivity index (χ2v) is 9.56. The summed E-state index contributed by atoms with van der Waals surface area (Å²) in [4.78, 5) is 38.6. The fourth-order valence-corrected chi connectivity index (χ4v) is 4.62. The van der Waals surface area contributed by atoms with Gasteiger partial charge in [0.05, 0.1) is 18.6 Å². The summed E-state index contributed by atoms with van der Waals surface area (Å²) in [5.41, 5.74) is 1.92. The second-order valence-electron chi connectivity index (χ2n) is 9.56. The average Bonchev–Trinajstić information content (AvgIpc) is 3.63. The lowest BCUT2D eigenvalue weighted by atomic mass is 9.94. The number of hydrogen-bond donors (Lipinski definition) is 2. The van der Waals surface area contributed by atoms with Crippen LogP contribution in [0.15, 0.2) is 91.0 Å². The molecule has 7 heteroatoms. The monoisotopic (exact) mass is 500 g/mol. The molecule has 1 aliphatic rings. The Labute approximate surface area is 217 Å². The number of alkyl carbamates (subject to hydrolysis) is 1. The van der Waals surface area contributed by atoms with Crippen LogP contribution >= 0.6 is 0 Å². The SMILES string of the molecule is COC(=O)[C@H](Cc1ccccc1)NC(=O)[C@@]1(C)C[C@H]1[C@@H](NC(=O)OCc1ccccc1)c1ccccc1. The summed E-state index contributed by atoms with van der Waals surface area (Å²) in [6, 6.07) is 27.2. The molecule has 7 nitrogen and oxygen atoms in total. The normalized spacial score (nSPS) is 19.7.